The Morgan fingerprint density at radius 2 is 2.12 bits per heavy atom. The zero-order valence-corrected chi connectivity index (χ0v) is 15.3. The van der Waals surface area contributed by atoms with E-state index in [1.165, 1.54) is 13.2 Å². The number of hydrogen-bond donors (Lipinski definition) is 1. The number of nitrogens with one attached hydrogen (secondary N) is 1. The lowest BCUT2D eigenvalue weighted by Gasteiger charge is -2.24. The fraction of sp³-hybridized carbons (Fsp3) is 0.250. The molecule has 134 valence electrons. The van der Waals surface area contributed by atoms with Crippen molar-refractivity contribution in [2.75, 3.05) is 24.2 Å². The van der Waals surface area contributed by atoms with Gasteiger partial charge in [-0.05, 0) is 29.8 Å². The molecule has 9 heteroatoms. The molecule has 1 N–H and O–H groups in total. The van der Waals surface area contributed by atoms with E-state index in [-0.39, 0.29) is 12.2 Å². The molecule has 1 aromatic heterocycles. The predicted octanol–water partition coefficient (Wildman–Crippen LogP) is 1.83. The van der Waals surface area contributed by atoms with E-state index in [1.54, 1.807) is 30.6 Å². The SMILES string of the molecule is COc1ccc(Cl)cc1N(CC(=O)NCc1cccnc1)S(C)(=O)=O. The molecule has 1 aromatic carbocycles. The number of nitrogens with zero attached hydrogens (tertiary/aromatic N) is 2. The van der Waals surface area contributed by atoms with E-state index in [4.69, 9.17) is 16.3 Å². The van der Waals surface area contributed by atoms with E-state index in [2.05, 4.69) is 10.3 Å². The monoisotopic (exact) mass is 383 g/mol. The summed E-state index contributed by atoms with van der Waals surface area (Å²) in [4.78, 5) is 16.2. The number of methoxy groups -OCH3 is 1. The van der Waals surface area contributed by atoms with E-state index in [0.29, 0.717) is 10.8 Å². The van der Waals surface area contributed by atoms with Crippen LogP contribution in [0.15, 0.2) is 42.7 Å². The fourth-order valence-electron chi connectivity index (χ4n) is 2.13. The maximum atomic E-state index is 12.2. The molecule has 0 bridgehead atoms. The number of rotatable bonds is 7. The summed E-state index contributed by atoms with van der Waals surface area (Å²) in [5.41, 5.74) is 1.01. The Hall–Kier alpha value is -2.32. The number of pyridine rings is 1. The third-order valence-electron chi connectivity index (χ3n) is 3.31. The van der Waals surface area contributed by atoms with Crippen molar-refractivity contribution < 1.29 is 17.9 Å². The highest BCUT2D eigenvalue weighted by molar-refractivity contribution is 7.92. The van der Waals surface area contributed by atoms with E-state index in [9.17, 15) is 13.2 Å². The lowest BCUT2D eigenvalue weighted by molar-refractivity contribution is -0.119. The summed E-state index contributed by atoms with van der Waals surface area (Å²) >= 11 is 5.96. The van der Waals surface area contributed by atoms with Gasteiger partial charge in [0, 0.05) is 24.0 Å². The van der Waals surface area contributed by atoms with Gasteiger partial charge in [-0.3, -0.25) is 14.1 Å². The molecule has 0 saturated carbocycles. The Kier molecular flexibility index (Phi) is 6.22. The van der Waals surface area contributed by atoms with Crippen molar-refractivity contribution >= 4 is 33.2 Å². The fourth-order valence-corrected chi connectivity index (χ4v) is 3.15. The molecule has 0 atom stereocenters. The number of carbonyl (C=O) groups is 1. The van der Waals surface area contributed by atoms with Crippen LogP contribution in [-0.2, 0) is 21.4 Å². The molecule has 1 heterocycles. The van der Waals surface area contributed by atoms with Crippen LogP contribution >= 0.6 is 11.6 Å². The van der Waals surface area contributed by atoms with Crippen LogP contribution in [-0.4, -0.2) is 39.2 Å². The van der Waals surface area contributed by atoms with Gasteiger partial charge in [0.25, 0.3) is 0 Å². The maximum absolute atomic E-state index is 12.2. The van der Waals surface area contributed by atoms with Gasteiger partial charge in [-0.15, -0.1) is 0 Å². The van der Waals surface area contributed by atoms with Gasteiger partial charge in [-0.25, -0.2) is 8.42 Å². The quantitative estimate of drug-likeness (QED) is 0.787. The van der Waals surface area contributed by atoms with Gasteiger partial charge in [-0.2, -0.15) is 0 Å². The zero-order chi connectivity index (χ0) is 18.4. The normalized spacial score (nSPS) is 11.0. The number of sulfonamides is 1. The standard InChI is InChI=1S/C16H18ClN3O4S/c1-24-15-6-5-13(17)8-14(15)20(25(2,22)23)11-16(21)19-10-12-4-3-7-18-9-12/h3-9H,10-11H2,1-2H3,(H,19,21). The summed E-state index contributed by atoms with van der Waals surface area (Å²) in [7, 11) is -2.31. The summed E-state index contributed by atoms with van der Waals surface area (Å²) < 4.78 is 30.5. The van der Waals surface area contributed by atoms with E-state index < -0.39 is 22.5 Å². The van der Waals surface area contributed by atoms with Gasteiger partial charge < -0.3 is 10.1 Å². The van der Waals surface area contributed by atoms with Crippen LogP contribution in [0.2, 0.25) is 5.02 Å². The lowest BCUT2D eigenvalue weighted by atomic mass is 10.3. The van der Waals surface area contributed by atoms with Gasteiger partial charge >= 0.3 is 0 Å². The van der Waals surface area contributed by atoms with Crippen molar-refractivity contribution in [3.63, 3.8) is 0 Å². The summed E-state index contributed by atoms with van der Waals surface area (Å²) in [5, 5.41) is 3.00. The second-order valence-electron chi connectivity index (χ2n) is 5.22. The van der Waals surface area contributed by atoms with Gasteiger partial charge in [0.15, 0.2) is 0 Å². The highest BCUT2D eigenvalue weighted by Gasteiger charge is 2.24. The molecule has 0 aliphatic rings. The van der Waals surface area contributed by atoms with Crippen molar-refractivity contribution in [1.29, 1.82) is 0 Å². The predicted molar refractivity (Wildman–Crippen MR) is 96.3 cm³/mol. The summed E-state index contributed by atoms with van der Waals surface area (Å²) in [5.74, 6) is -0.161. The number of benzene rings is 1. The van der Waals surface area contributed by atoms with Crippen LogP contribution in [0.3, 0.4) is 0 Å². The summed E-state index contributed by atoms with van der Waals surface area (Å²) in [6.45, 7) is -0.146. The second kappa shape index (κ2) is 8.17. The number of anilines is 1. The molecule has 7 nitrogen and oxygen atoms in total. The van der Waals surface area contributed by atoms with Crippen molar-refractivity contribution in [2.24, 2.45) is 0 Å². The average Bonchev–Trinajstić information content (AvgIpc) is 2.57. The minimum absolute atomic E-state index is 0.203. The van der Waals surface area contributed by atoms with Gasteiger partial charge in [0.05, 0.1) is 19.1 Å². The highest BCUT2D eigenvalue weighted by Crippen LogP contribution is 2.32. The summed E-state index contributed by atoms with van der Waals surface area (Å²) in [6.07, 6.45) is 4.26. The first kappa shape index (κ1) is 19.0. The van der Waals surface area contributed by atoms with Gasteiger partial charge in [0.1, 0.15) is 12.3 Å². The minimum Gasteiger partial charge on any atom is -0.495 e. The Morgan fingerprint density at radius 3 is 2.72 bits per heavy atom. The third kappa shape index (κ3) is 5.33. The first-order chi connectivity index (χ1) is 11.8. The van der Waals surface area contributed by atoms with Crippen molar-refractivity contribution in [2.45, 2.75) is 6.54 Å². The van der Waals surface area contributed by atoms with Crippen molar-refractivity contribution in [3.8, 4) is 5.75 Å². The molecular weight excluding hydrogens is 366 g/mol. The Balaban J connectivity index is 2.19. The average molecular weight is 384 g/mol. The molecule has 0 radical (unpaired) electrons. The van der Waals surface area contributed by atoms with Crippen LogP contribution < -0.4 is 14.4 Å². The van der Waals surface area contributed by atoms with E-state index in [0.717, 1.165) is 16.1 Å². The Labute approximate surface area is 151 Å². The number of hydrogen-bond acceptors (Lipinski definition) is 5. The Bertz CT molecular complexity index is 844. The molecule has 0 fully saturated rings. The molecule has 0 spiro atoms. The molecule has 0 aliphatic carbocycles. The van der Waals surface area contributed by atoms with E-state index in [1.807, 2.05) is 6.07 Å². The van der Waals surface area contributed by atoms with Crippen molar-refractivity contribution in [1.82, 2.24) is 10.3 Å². The van der Waals surface area contributed by atoms with Crippen LogP contribution in [0.1, 0.15) is 5.56 Å². The molecule has 2 rings (SSSR count). The number of halogens is 1. The number of aromatic nitrogens is 1. The summed E-state index contributed by atoms with van der Waals surface area (Å²) in [6, 6.07) is 8.12. The second-order valence-corrected chi connectivity index (χ2v) is 7.57. The smallest absolute Gasteiger partial charge is 0.241 e. The Morgan fingerprint density at radius 1 is 1.36 bits per heavy atom. The van der Waals surface area contributed by atoms with Crippen LogP contribution in [0.25, 0.3) is 0 Å². The van der Waals surface area contributed by atoms with Crippen molar-refractivity contribution in [3.05, 3.63) is 53.3 Å². The maximum Gasteiger partial charge on any atom is 0.241 e. The molecule has 1 amide bonds. The lowest BCUT2D eigenvalue weighted by Crippen LogP contribution is -2.40. The van der Waals surface area contributed by atoms with Crippen LogP contribution in [0.5, 0.6) is 5.75 Å². The van der Waals surface area contributed by atoms with E-state index >= 15 is 0 Å². The number of amides is 1. The highest BCUT2D eigenvalue weighted by atomic mass is 35.5. The zero-order valence-electron chi connectivity index (χ0n) is 13.8. The largest absolute Gasteiger partial charge is 0.495 e. The minimum atomic E-state index is -3.72. The first-order valence-corrected chi connectivity index (χ1v) is 9.50. The first-order valence-electron chi connectivity index (χ1n) is 7.28. The van der Waals surface area contributed by atoms with Gasteiger partial charge in [-0.1, -0.05) is 17.7 Å². The molecule has 0 saturated heterocycles. The van der Waals surface area contributed by atoms with Gasteiger partial charge in [0.2, 0.25) is 15.9 Å². The third-order valence-corrected chi connectivity index (χ3v) is 4.67. The molecule has 2 aromatic rings. The molecule has 0 unspecified atom stereocenters. The van der Waals surface area contributed by atoms with Crippen LogP contribution in [0.4, 0.5) is 5.69 Å². The van der Waals surface area contributed by atoms with Crippen LogP contribution in [0, 0.1) is 0 Å². The topological polar surface area (TPSA) is 88.6 Å². The number of ether oxygens (including phenoxy) is 1. The molecular formula is C16H18ClN3O4S. The molecule has 25 heavy (non-hydrogen) atoms. The number of carbonyl (C=O) groups excluding carboxylic acids is 1. The molecule has 0 aliphatic heterocycles.